The molecule has 0 spiro atoms. The summed E-state index contributed by atoms with van der Waals surface area (Å²) in [5, 5.41) is 0.712. The van der Waals surface area contributed by atoms with Crippen LogP contribution in [0, 0.1) is 12.7 Å². The lowest BCUT2D eigenvalue weighted by molar-refractivity contribution is 0.0314. The molecule has 1 fully saturated rings. The number of aryl methyl sites for hydroxylation is 1. The molecule has 3 aromatic rings. The van der Waals surface area contributed by atoms with Gasteiger partial charge in [-0.05, 0) is 30.7 Å². The van der Waals surface area contributed by atoms with E-state index in [1.54, 1.807) is 37.3 Å². The minimum absolute atomic E-state index is 0.0283. The SMILES string of the molecule is Cc1cc2oc3c(c(=O)c2cc1Cl)C(c1ccccc1F)N(CCN1CCOCC1)C3=O. The zero-order valence-corrected chi connectivity index (χ0v) is 18.3. The first-order valence-corrected chi connectivity index (χ1v) is 11.0. The van der Waals surface area contributed by atoms with E-state index in [2.05, 4.69) is 4.90 Å². The number of halogens is 2. The van der Waals surface area contributed by atoms with Crippen LogP contribution in [0.15, 0.2) is 45.6 Å². The van der Waals surface area contributed by atoms with Gasteiger partial charge in [0.2, 0.25) is 5.76 Å². The molecule has 1 atom stereocenters. The summed E-state index contributed by atoms with van der Waals surface area (Å²) in [5.74, 6) is -0.913. The highest BCUT2D eigenvalue weighted by Gasteiger charge is 2.43. The summed E-state index contributed by atoms with van der Waals surface area (Å²) < 4.78 is 26.2. The molecule has 0 saturated carbocycles. The summed E-state index contributed by atoms with van der Waals surface area (Å²) in [7, 11) is 0. The van der Waals surface area contributed by atoms with E-state index in [1.165, 1.54) is 11.0 Å². The first-order chi connectivity index (χ1) is 15.5. The number of nitrogens with zero attached hydrogens (tertiary/aromatic N) is 2. The average molecular weight is 457 g/mol. The van der Waals surface area contributed by atoms with E-state index < -0.39 is 17.8 Å². The minimum atomic E-state index is -0.861. The van der Waals surface area contributed by atoms with Crippen molar-refractivity contribution in [1.29, 1.82) is 0 Å². The molecule has 166 valence electrons. The van der Waals surface area contributed by atoms with Crippen LogP contribution in [-0.2, 0) is 4.74 Å². The topological polar surface area (TPSA) is 63.0 Å². The summed E-state index contributed by atoms with van der Waals surface area (Å²) >= 11 is 6.25. The maximum absolute atomic E-state index is 14.9. The maximum atomic E-state index is 14.9. The monoisotopic (exact) mass is 456 g/mol. The molecule has 1 aromatic heterocycles. The van der Waals surface area contributed by atoms with Crippen LogP contribution in [0.1, 0.15) is 33.3 Å². The molecule has 0 N–H and O–H groups in total. The number of hydrogen-bond acceptors (Lipinski definition) is 5. The molecule has 1 saturated heterocycles. The second kappa shape index (κ2) is 8.31. The van der Waals surface area contributed by atoms with E-state index in [-0.39, 0.29) is 27.7 Å². The predicted octanol–water partition coefficient (Wildman–Crippen LogP) is 3.77. The number of morpholine rings is 1. The van der Waals surface area contributed by atoms with E-state index in [9.17, 15) is 14.0 Å². The normalized spacial score (nSPS) is 19.0. The molecule has 1 unspecified atom stereocenters. The summed E-state index contributed by atoms with van der Waals surface area (Å²) in [6.45, 7) is 5.52. The van der Waals surface area contributed by atoms with Crippen LogP contribution >= 0.6 is 11.6 Å². The first-order valence-electron chi connectivity index (χ1n) is 10.6. The molecule has 5 rings (SSSR count). The fraction of sp³-hybridized carbons (Fsp3) is 0.333. The zero-order chi connectivity index (χ0) is 22.4. The molecule has 2 aliphatic rings. The van der Waals surface area contributed by atoms with Gasteiger partial charge in [-0.2, -0.15) is 0 Å². The van der Waals surface area contributed by atoms with Crippen molar-refractivity contribution in [2.24, 2.45) is 0 Å². The number of ether oxygens (including phenoxy) is 1. The number of carbonyl (C=O) groups excluding carboxylic acids is 1. The third-order valence-electron chi connectivity index (χ3n) is 6.21. The van der Waals surface area contributed by atoms with Gasteiger partial charge in [0.15, 0.2) is 5.43 Å². The number of benzene rings is 2. The van der Waals surface area contributed by atoms with E-state index in [0.717, 1.165) is 18.7 Å². The summed E-state index contributed by atoms with van der Waals surface area (Å²) in [5.41, 5.74) is 1.11. The number of carbonyl (C=O) groups is 1. The standard InChI is InChI=1S/C24H22ClFN2O4/c1-14-12-19-16(13-17(14)25)22(29)20-21(15-4-2-3-5-18(15)26)28(24(30)23(20)32-19)7-6-27-8-10-31-11-9-27/h2-5,12-13,21H,6-11H2,1H3. The molecule has 1 amide bonds. The lowest BCUT2D eigenvalue weighted by atomic mass is 9.98. The molecular formula is C24H22ClFN2O4. The van der Waals surface area contributed by atoms with Crippen molar-refractivity contribution in [2.45, 2.75) is 13.0 Å². The number of rotatable bonds is 4. The lowest BCUT2D eigenvalue weighted by Gasteiger charge is -2.31. The Morgan fingerprint density at radius 1 is 1.12 bits per heavy atom. The Balaban J connectivity index is 1.64. The molecule has 32 heavy (non-hydrogen) atoms. The molecule has 2 aromatic carbocycles. The zero-order valence-electron chi connectivity index (χ0n) is 17.6. The van der Waals surface area contributed by atoms with E-state index in [1.807, 2.05) is 0 Å². The van der Waals surface area contributed by atoms with Crippen LogP contribution in [0.2, 0.25) is 5.02 Å². The minimum Gasteiger partial charge on any atom is -0.450 e. The van der Waals surface area contributed by atoms with Gasteiger partial charge in [-0.3, -0.25) is 14.5 Å². The largest absolute Gasteiger partial charge is 0.450 e. The second-order valence-electron chi connectivity index (χ2n) is 8.15. The Kier molecular flexibility index (Phi) is 5.49. The van der Waals surface area contributed by atoms with E-state index in [4.69, 9.17) is 20.8 Å². The number of hydrogen-bond donors (Lipinski definition) is 0. The predicted molar refractivity (Wildman–Crippen MR) is 119 cm³/mol. The molecular weight excluding hydrogens is 435 g/mol. The van der Waals surface area contributed by atoms with Crippen molar-refractivity contribution in [3.8, 4) is 0 Å². The third-order valence-corrected chi connectivity index (χ3v) is 6.61. The lowest BCUT2D eigenvalue weighted by Crippen LogP contribution is -2.42. The average Bonchev–Trinajstić information content (AvgIpc) is 3.06. The van der Waals surface area contributed by atoms with Gasteiger partial charge in [0.25, 0.3) is 5.91 Å². The molecule has 0 bridgehead atoms. The Bertz CT molecular complexity index is 1270. The van der Waals surface area contributed by atoms with Crippen molar-refractivity contribution in [3.63, 3.8) is 0 Å². The van der Waals surface area contributed by atoms with Crippen molar-refractivity contribution in [1.82, 2.24) is 9.80 Å². The highest BCUT2D eigenvalue weighted by Crippen LogP contribution is 2.39. The Morgan fingerprint density at radius 2 is 1.88 bits per heavy atom. The fourth-order valence-electron chi connectivity index (χ4n) is 4.47. The highest BCUT2D eigenvalue weighted by atomic mass is 35.5. The smallest absolute Gasteiger partial charge is 0.290 e. The Labute approximate surface area is 189 Å². The van der Waals surface area contributed by atoms with Gasteiger partial charge >= 0.3 is 0 Å². The summed E-state index contributed by atoms with van der Waals surface area (Å²) in [6.07, 6.45) is 0. The molecule has 0 aliphatic carbocycles. The van der Waals surface area contributed by atoms with E-state index in [0.29, 0.717) is 36.9 Å². The van der Waals surface area contributed by atoms with Crippen molar-refractivity contribution in [2.75, 3.05) is 39.4 Å². The second-order valence-corrected chi connectivity index (χ2v) is 8.56. The molecule has 8 heteroatoms. The molecule has 6 nitrogen and oxygen atoms in total. The van der Waals surface area contributed by atoms with Crippen molar-refractivity contribution >= 4 is 28.5 Å². The van der Waals surface area contributed by atoms with Crippen LogP contribution in [0.5, 0.6) is 0 Å². The van der Waals surface area contributed by atoms with Crippen LogP contribution in [0.25, 0.3) is 11.0 Å². The van der Waals surface area contributed by atoms with Crippen LogP contribution in [-0.4, -0.2) is 55.1 Å². The van der Waals surface area contributed by atoms with Gasteiger partial charge in [0, 0.05) is 36.8 Å². The van der Waals surface area contributed by atoms with Gasteiger partial charge in [0.05, 0.1) is 30.2 Å². The summed E-state index contributed by atoms with van der Waals surface area (Å²) in [6, 6.07) is 8.57. The highest BCUT2D eigenvalue weighted by molar-refractivity contribution is 6.32. The van der Waals surface area contributed by atoms with E-state index >= 15 is 0 Å². The first kappa shape index (κ1) is 21.1. The van der Waals surface area contributed by atoms with Crippen molar-refractivity contribution in [3.05, 3.63) is 79.9 Å². The van der Waals surface area contributed by atoms with Gasteiger partial charge in [-0.15, -0.1) is 0 Å². The Hall–Kier alpha value is -2.74. The Morgan fingerprint density at radius 3 is 2.62 bits per heavy atom. The molecule has 2 aliphatic heterocycles. The quantitative estimate of drug-likeness (QED) is 0.598. The number of amides is 1. The fourth-order valence-corrected chi connectivity index (χ4v) is 4.63. The van der Waals surface area contributed by atoms with Crippen LogP contribution in [0.4, 0.5) is 4.39 Å². The van der Waals surface area contributed by atoms with Gasteiger partial charge in [0.1, 0.15) is 11.4 Å². The summed E-state index contributed by atoms with van der Waals surface area (Å²) in [4.78, 5) is 30.7. The van der Waals surface area contributed by atoms with Crippen LogP contribution in [0.3, 0.4) is 0 Å². The molecule has 3 heterocycles. The van der Waals surface area contributed by atoms with Crippen molar-refractivity contribution < 1.29 is 18.3 Å². The van der Waals surface area contributed by atoms with Gasteiger partial charge in [-0.1, -0.05) is 29.8 Å². The van der Waals surface area contributed by atoms with Gasteiger partial charge < -0.3 is 14.1 Å². The number of fused-ring (bicyclic) bond motifs is 2. The molecule has 0 radical (unpaired) electrons. The van der Waals surface area contributed by atoms with Gasteiger partial charge in [-0.25, -0.2) is 4.39 Å². The third kappa shape index (κ3) is 3.50. The maximum Gasteiger partial charge on any atom is 0.290 e. The van der Waals surface area contributed by atoms with Crippen LogP contribution < -0.4 is 5.43 Å².